The van der Waals surface area contributed by atoms with Gasteiger partial charge in [0.15, 0.2) is 5.82 Å². The maximum Gasteiger partial charge on any atom is 0.259 e. The topological polar surface area (TPSA) is 74.5 Å². The Hall–Kier alpha value is -1.96. The first-order valence-electron chi connectivity index (χ1n) is 9.65. The quantitative estimate of drug-likeness (QED) is 0.849. The average Bonchev–Trinajstić information content (AvgIpc) is 3.15. The number of benzene rings is 1. The highest BCUT2D eigenvalue weighted by molar-refractivity contribution is 6.33. The highest BCUT2D eigenvalue weighted by atomic mass is 35.5. The minimum atomic E-state index is -0.184. The predicted molar refractivity (Wildman–Crippen MR) is 109 cm³/mol. The van der Waals surface area contributed by atoms with E-state index < -0.39 is 0 Å². The van der Waals surface area contributed by atoms with Gasteiger partial charge in [-0.15, -0.1) is 0 Å². The molecule has 0 bridgehead atoms. The Morgan fingerprint density at radius 3 is 2.89 bits per heavy atom. The van der Waals surface area contributed by atoms with Gasteiger partial charge < -0.3 is 14.7 Å². The molecule has 7 nitrogen and oxygen atoms in total. The maximum absolute atomic E-state index is 13.1. The molecule has 28 heavy (non-hydrogen) atoms. The molecule has 1 aromatic carbocycles. The van der Waals surface area contributed by atoms with Gasteiger partial charge in [-0.3, -0.25) is 9.69 Å². The number of aryl methyl sites for hydroxylation is 1. The summed E-state index contributed by atoms with van der Waals surface area (Å²) in [6.45, 7) is 11.9. The van der Waals surface area contributed by atoms with Crippen LogP contribution in [0.15, 0.2) is 16.7 Å². The SMILES string of the molecule is Cc1noc(-c2cc3c(cc2Cl)N(C(=O)CN2CCNC(C)C2)CC3(C)C)n1. The molecule has 0 saturated carbocycles. The zero-order valence-corrected chi connectivity index (χ0v) is 17.5. The van der Waals surface area contributed by atoms with Crippen LogP contribution in [0.25, 0.3) is 11.5 Å². The molecule has 2 aliphatic rings. The summed E-state index contributed by atoms with van der Waals surface area (Å²) in [5.41, 5.74) is 2.48. The Balaban J connectivity index is 1.63. The van der Waals surface area contributed by atoms with Gasteiger partial charge in [-0.2, -0.15) is 4.98 Å². The van der Waals surface area contributed by atoms with Crippen LogP contribution in [0.4, 0.5) is 5.69 Å². The molecule has 1 saturated heterocycles. The Morgan fingerprint density at radius 2 is 2.21 bits per heavy atom. The summed E-state index contributed by atoms with van der Waals surface area (Å²) in [6, 6.07) is 4.25. The summed E-state index contributed by atoms with van der Waals surface area (Å²) in [5, 5.41) is 7.78. The van der Waals surface area contributed by atoms with E-state index in [0.717, 1.165) is 30.9 Å². The summed E-state index contributed by atoms with van der Waals surface area (Å²) in [6.07, 6.45) is 0. The zero-order chi connectivity index (χ0) is 20.1. The summed E-state index contributed by atoms with van der Waals surface area (Å²) < 4.78 is 5.31. The first-order valence-corrected chi connectivity index (χ1v) is 10.0. The van der Waals surface area contributed by atoms with Crippen LogP contribution in [0.3, 0.4) is 0 Å². The number of rotatable bonds is 3. The Bertz CT molecular complexity index is 910. The molecule has 1 N–H and O–H groups in total. The van der Waals surface area contributed by atoms with Crippen LogP contribution < -0.4 is 10.2 Å². The Kier molecular flexibility index (Phi) is 4.93. The molecule has 1 fully saturated rings. The third-order valence-electron chi connectivity index (χ3n) is 5.53. The number of nitrogens with zero attached hydrogens (tertiary/aromatic N) is 4. The van der Waals surface area contributed by atoms with Crippen LogP contribution in [-0.4, -0.2) is 59.7 Å². The standard InChI is InChI=1S/C20H26ClN5O2/c1-12-9-25(6-5-22-12)10-18(27)26-11-20(3,4)15-7-14(16(21)8-17(15)26)19-23-13(2)24-28-19/h7-8,12,22H,5-6,9-11H2,1-4H3. The highest BCUT2D eigenvalue weighted by Gasteiger charge is 2.39. The first kappa shape index (κ1) is 19.4. The summed E-state index contributed by atoms with van der Waals surface area (Å²) in [7, 11) is 0. The molecule has 1 amide bonds. The van der Waals surface area contributed by atoms with Crippen molar-refractivity contribution in [2.24, 2.45) is 0 Å². The van der Waals surface area contributed by atoms with E-state index in [-0.39, 0.29) is 11.3 Å². The number of anilines is 1. The fourth-order valence-electron chi connectivity index (χ4n) is 4.12. The van der Waals surface area contributed by atoms with Crippen LogP contribution >= 0.6 is 11.6 Å². The zero-order valence-electron chi connectivity index (χ0n) is 16.8. The van der Waals surface area contributed by atoms with E-state index in [1.165, 1.54) is 0 Å². The molecule has 0 radical (unpaired) electrons. The number of nitrogens with one attached hydrogen (secondary N) is 1. The van der Waals surface area contributed by atoms with Gasteiger partial charge in [0, 0.05) is 43.3 Å². The summed E-state index contributed by atoms with van der Waals surface area (Å²) in [4.78, 5) is 21.5. The molecule has 4 rings (SSSR count). The molecule has 150 valence electrons. The number of amides is 1. The van der Waals surface area contributed by atoms with Crippen molar-refractivity contribution in [2.45, 2.75) is 39.2 Å². The van der Waals surface area contributed by atoms with E-state index in [1.807, 2.05) is 17.0 Å². The number of fused-ring (bicyclic) bond motifs is 1. The van der Waals surface area contributed by atoms with Crippen molar-refractivity contribution in [2.75, 3.05) is 37.6 Å². The Labute approximate surface area is 170 Å². The second kappa shape index (κ2) is 7.13. The van der Waals surface area contributed by atoms with E-state index in [1.54, 1.807) is 6.92 Å². The van der Waals surface area contributed by atoms with Crippen molar-refractivity contribution < 1.29 is 9.32 Å². The van der Waals surface area contributed by atoms with Crippen molar-refractivity contribution in [3.63, 3.8) is 0 Å². The molecule has 8 heteroatoms. The van der Waals surface area contributed by atoms with Crippen LogP contribution in [-0.2, 0) is 10.2 Å². The fraction of sp³-hybridized carbons (Fsp3) is 0.550. The van der Waals surface area contributed by atoms with Gasteiger partial charge in [0.05, 0.1) is 17.1 Å². The third kappa shape index (κ3) is 3.54. The first-order chi connectivity index (χ1) is 13.2. The highest BCUT2D eigenvalue weighted by Crippen LogP contribution is 2.45. The van der Waals surface area contributed by atoms with Crippen LogP contribution in [0.5, 0.6) is 0 Å². The van der Waals surface area contributed by atoms with E-state index in [9.17, 15) is 4.79 Å². The molecule has 2 aromatic rings. The number of aromatic nitrogens is 2. The van der Waals surface area contributed by atoms with Crippen molar-refractivity contribution in [3.8, 4) is 11.5 Å². The van der Waals surface area contributed by atoms with E-state index in [2.05, 4.69) is 41.1 Å². The molecule has 1 atom stereocenters. The van der Waals surface area contributed by atoms with Gasteiger partial charge >= 0.3 is 0 Å². The molecule has 3 heterocycles. The largest absolute Gasteiger partial charge is 0.334 e. The molecule has 1 unspecified atom stereocenters. The second-order valence-electron chi connectivity index (χ2n) is 8.45. The van der Waals surface area contributed by atoms with Gasteiger partial charge in [-0.05, 0) is 31.5 Å². The van der Waals surface area contributed by atoms with Gasteiger partial charge in [-0.1, -0.05) is 30.6 Å². The van der Waals surface area contributed by atoms with E-state index in [0.29, 0.717) is 41.4 Å². The number of hydrogen-bond acceptors (Lipinski definition) is 6. The summed E-state index contributed by atoms with van der Waals surface area (Å²) in [5.74, 6) is 1.08. The van der Waals surface area contributed by atoms with Crippen molar-refractivity contribution in [1.29, 1.82) is 0 Å². The lowest BCUT2D eigenvalue weighted by Crippen LogP contribution is -2.52. The van der Waals surface area contributed by atoms with Crippen LogP contribution in [0.1, 0.15) is 32.2 Å². The van der Waals surface area contributed by atoms with Gasteiger partial charge in [0.25, 0.3) is 5.89 Å². The average molecular weight is 404 g/mol. The molecule has 0 spiro atoms. The molecular formula is C20H26ClN5O2. The Morgan fingerprint density at radius 1 is 1.43 bits per heavy atom. The number of halogens is 1. The maximum atomic E-state index is 13.1. The van der Waals surface area contributed by atoms with Gasteiger partial charge in [-0.25, -0.2) is 0 Å². The lowest BCUT2D eigenvalue weighted by molar-refractivity contribution is -0.120. The summed E-state index contributed by atoms with van der Waals surface area (Å²) >= 11 is 6.54. The normalized spacial score (nSPS) is 21.8. The predicted octanol–water partition coefficient (Wildman–Crippen LogP) is 2.62. The molecule has 1 aromatic heterocycles. The van der Waals surface area contributed by atoms with Crippen LogP contribution in [0, 0.1) is 6.92 Å². The van der Waals surface area contributed by atoms with E-state index >= 15 is 0 Å². The lowest BCUT2D eigenvalue weighted by atomic mass is 9.86. The third-order valence-corrected chi connectivity index (χ3v) is 5.84. The molecule has 0 aliphatic carbocycles. The minimum Gasteiger partial charge on any atom is -0.334 e. The minimum absolute atomic E-state index is 0.110. The number of piperazine rings is 1. The van der Waals surface area contributed by atoms with Gasteiger partial charge in [0.1, 0.15) is 0 Å². The van der Waals surface area contributed by atoms with Crippen LogP contribution in [0.2, 0.25) is 5.02 Å². The van der Waals surface area contributed by atoms with Gasteiger partial charge in [0.2, 0.25) is 5.91 Å². The molecule has 2 aliphatic heterocycles. The second-order valence-corrected chi connectivity index (χ2v) is 8.86. The lowest BCUT2D eigenvalue weighted by Gasteiger charge is -2.32. The van der Waals surface area contributed by atoms with Crippen molar-refractivity contribution in [3.05, 3.63) is 28.5 Å². The monoisotopic (exact) mass is 403 g/mol. The number of carbonyl (C=O) groups is 1. The smallest absolute Gasteiger partial charge is 0.259 e. The van der Waals surface area contributed by atoms with Crippen molar-refractivity contribution >= 4 is 23.2 Å². The van der Waals surface area contributed by atoms with Crippen molar-refractivity contribution in [1.82, 2.24) is 20.4 Å². The fourth-order valence-corrected chi connectivity index (χ4v) is 4.36. The molecular weight excluding hydrogens is 378 g/mol. The number of hydrogen-bond donors (Lipinski definition) is 1. The number of carbonyl (C=O) groups excluding carboxylic acids is 1. The van der Waals surface area contributed by atoms with E-state index in [4.69, 9.17) is 16.1 Å².